The summed E-state index contributed by atoms with van der Waals surface area (Å²) in [5.74, 6) is 0.283. The third-order valence-electron chi connectivity index (χ3n) is 2.42. The van der Waals surface area contributed by atoms with Crippen LogP contribution in [0.4, 0.5) is 0 Å². The molecule has 0 radical (unpaired) electrons. The van der Waals surface area contributed by atoms with Gasteiger partial charge < -0.3 is 10.0 Å². The Kier molecular flexibility index (Phi) is 4.18. The summed E-state index contributed by atoms with van der Waals surface area (Å²) in [7, 11) is 3.92. The summed E-state index contributed by atoms with van der Waals surface area (Å²) < 4.78 is 0. The number of benzene rings is 1. The van der Waals surface area contributed by atoms with Crippen molar-refractivity contribution in [3.63, 3.8) is 0 Å². The molecular formula is C14H19NO. The van der Waals surface area contributed by atoms with Crippen LogP contribution in [0.25, 0.3) is 11.8 Å². The first-order valence-corrected chi connectivity index (χ1v) is 5.42. The maximum Gasteiger partial charge on any atom is 0.116 e. The maximum atomic E-state index is 9.48. The predicted octanol–water partition coefficient (Wildman–Crippen LogP) is 3.35. The molecule has 0 saturated carbocycles. The minimum absolute atomic E-state index is 0.283. The number of hydrogen-bond acceptors (Lipinski definition) is 2. The lowest BCUT2D eigenvalue weighted by atomic mass is 10.0. The van der Waals surface area contributed by atoms with E-state index in [4.69, 9.17) is 0 Å². The second kappa shape index (κ2) is 5.40. The van der Waals surface area contributed by atoms with Gasteiger partial charge in [-0.15, -0.1) is 0 Å². The van der Waals surface area contributed by atoms with Gasteiger partial charge in [0.15, 0.2) is 0 Å². The molecule has 0 bridgehead atoms. The van der Waals surface area contributed by atoms with Crippen LogP contribution in [0.3, 0.4) is 0 Å². The molecule has 0 aliphatic heterocycles. The topological polar surface area (TPSA) is 23.5 Å². The Morgan fingerprint density at radius 2 is 2.12 bits per heavy atom. The molecule has 0 aliphatic carbocycles. The largest absolute Gasteiger partial charge is 0.508 e. The molecule has 86 valence electrons. The van der Waals surface area contributed by atoms with E-state index in [1.807, 2.05) is 31.1 Å². The van der Waals surface area contributed by atoms with Crippen LogP contribution in [0.5, 0.6) is 5.75 Å². The van der Waals surface area contributed by atoms with Crippen LogP contribution >= 0.6 is 0 Å². The molecule has 1 rings (SSSR count). The summed E-state index contributed by atoms with van der Waals surface area (Å²) >= 11 is 0. The third kappa shape index (κ3) is 2.89. The molecule has 2 nitrogen and oxygen atoms in total. The van der Waals surface area contributed by atoms with Crippen molar-refractivity contribution < 1.29 is 5.11 Å². The molecule has 0 aromatic heterocycles. The summed E-state index contributed by atoms with van der Waals surface area (Å²) in [6.07, 6.45) is 5.06. The van der Waals surface area contributed by atoms with Gasteiger partial charge in [-0.05, 0) is 30.2 Å². The standard InChI is InChI=1S/C14H19NO/c1-5-6-7-12-10-13(16)8-9-14(12)11(2)15(3)4/h6-10,16H,2,5H2,1,3-4H3/b7-6-. The van der Waals surface area contributed by atoms with Gasteiger partial charge in [0, 0.05) is 25.4 Å². The van der Waals surface area contributed by atoms with Gasteiger partial charge in [-0.1, -0.05) is 25.7 Å². The average Bonchev–Trinajstić information content (AvgIpc) is 2.25. The van der Waals surface area contributed by atoms with E-state index in [1.54, 1.807) is 12.1 Å². The molecule has 0 amide bonds. The first kappa shape index (κ1) is 12.4. The minimum atomic E-state index is 0.283. The Labute approximate surface area is 97.5 Å². The molecule has 0 saturated heterocycles. The van der Waals surface area contributed by atoms with E-state index in [0.717, 1.165) is 23.2 Å². The number of hydrogen-bond donors (Lipinski definition) is 1. The van der Waals surface area contributed by atoms with Crippen LogP contribution in [0.15, 0.2) is 30.9 Å². The van der Waals surface area contributed by atoms with Gasteiger partial charge in [0.1, 0.15) is 5.75 Å². The van der Waals surface area contributed by atoms with Gasteiger partial charge in [-0.25, -0.2) is 0 Å². The first-order chi connectivity index (χ1) is 7.56. The van der Waals surface area contributed by atoms with Crippen molar-refractivity contribution in [3.8, 4) is 5.75 Å². The Bertz CT molecular complexity index is 405. The molecule has 1 aromatic rings. The number of allylic oxidation sites excluding steroid dienone is 1. The highest BCUT2D eigenvalue weighted by atomic mass is 16.3. The van der Waals surface area contributed by atoms with Crippen molar-refractivity contribution in [2.75, 3.05) is 14.1 Å². The SMILES string of the molecule is C=C(c1ccc(O)cc1/C=C\CC)N(C)C. The fourth-order valence-corrected chi connectivity index (χ4v) is 1.44. The zero-order chi connectivity index (χ0) is 12.1. The summed E-state index contributed by atoms with van der Waals surface area (Å²) in [5, 5.41) is 9.48. The monoisotopic (exact) mass is 217 g/mol. The molecule has 1 aromatic carbocycles. The average molecular weight is 217 g/mol. The van der Waals surface area contributed by atoms with E-state index >= 15 is 0 Å². The number of rotatable bonds is 4. The molecule has 2 heteroatoms. The van der Waals surface area contributed by atoms with E-state index in [2.05, 4.69) is 19.6 Å². The molecule has 0 atom stereocenters. The molecule has 0 unspecified atom stereocenters. The summed E-state index contributed by atoms with van der Waals surface area (Å²) in [6, 6.07) is 5.34. The number of phenolic OH excluding ortho intramolecular Hbond substituents is 1. The van der Waals surface area contributed by atoms with Gasteiger partial charge in [-0.3, -0.25) is 0 Å². The second-order valence-electron chi connectivity index (χ2n) is 3.92. The van der Waals surface area contributed by atoms with Crippen molar-refractivity contribution in [2.45, 2.75) is 13.3 Å². The first-order valence-electron chi connectivity index (χ1n) is 5.42. The zero-order valence-electron chi connectivity index (χ0n) is 10.2. The number of aromatic hydroxyl groups is 1. The minimum Gasteiger partial charge on any atom is -0.508 e. The van der Waals surface area contributed by atoms with E-state index in [9.17, 15) is 5.11 Å². The maximum absolute atomic E-state index is 9.48. The van der Waals surface area contributed by atoms with E-state index in [1.165, 1.54) is 0 Å². The van der Waals surface area contributed by atoms with Crippen molar-refractivity contribution in [3.05, 3.63) is 42.0 Å². The smallest absolute Gasteiger partial charge is 0.116 e. The van der Waals surface area contributed by atoms with Crippen molar-refractivity contribution in [1.82, 2.24) is 4.90 Å². The Morgan fingerprint density at radius 1 is 1.44 bits per heavy atom. The molecule has 0 heterocycles. The van der Waals surface area contributed by atoms with Gasteiger partial charge in [0.25, 0.3) is 0 Å². The highest BCUT2D eigenvalue weighted by Crippen LogP contribution is 2.24. The highest BCUT2D eigenvalue weighted by molar-refractivity contribution is 5.72. The summed E-state index contributed by atoms with van der Waals surface area (Å²) in [5.41, 5.74) is 2.99. The van der Waals surface area contributed by atoms with Crippen LogP contribution in [-0.4, -0.2) is 24.1 Å². The van der Waals surface area contributed by atoms with Crippen LogP contribution in [0, 0.1) is 0 Å². The van der Waals surface area contributed by atoms with E-state index in [-0.39, 0.29) is 5.75 Å². The van der Waals surface area contributed by atoms with Gasteiger partial charge in [0.2, 0.25) is 0 Å². The van der Waals surface area contributed by atoms with E-state index < -0.39 is 0 Å². The van der Waals surface area contributed by atoms with Gasteiger partial charge in [-0.2, -0.15) is 0 Å². The van der Waals surface area contributed by atoms with Crippen molar-refractivity contribution in [1.29, 1.82) is 0 Å². The predicted molar refractivity (Wildman–Crippen MR) is 70.2 cm³/mol. The van der Waals surface area contributed by atoms with Gasteiger partial charge in [0.05, 0.1) is 0 Å². The molecule has 0 spiro atoms. The lowest BCUT2D eigenvalue weighted by Crippen LogP contribution is -2.09. The molecule has 1 N–H and O–H groups in total. The van der Waals surface area contributed by atoms with Crippen LogP contribution in [0.2, 0.25) is 0 Å². The fourth-order valence-electron chi connectivity index (χ4n) is 1.44. The van der Waals surface area contributed by atoms with Crippen molar-refractivity contribution >= 4 is 11.8 Å². The zero-order valence-corrected chi connectivity index (χ0v) is 10.2. The van der Waals surface area contributed by atoms with Crippen LogP contribution in [0.1, 0.15) is 24.5 Å². The number of phenols is 1. The molecule has 16 heavy (non-hydrogen) atoms. The summed E-state index contributed by atoms with van der Waals surface area (Å²) in [4.78, 5) is 1.97. The molecule has 0 aliphatic rings. The Hall–Kier alpha value is -1.70. The lowest BCUT2D eigenvalue weighted by Gasteiger charge is -2.18. The van der Waals surface area contributed by atoms with Gasteiger partial charge >= 0.3 is 0 Å². The second-order valence-corrected chi connectivity index (χ2v) is 3.92. The molecule has 0 fully saturated rings. The number of nitrogens with zero attached hydrogens (tertiary/aromatic N) is 1. The molecular weight excluding hydrogens is 198 g/mol. The van der Waals surface area contributed by atoms with Crippen LogP contribution < -0.4 is 0 Å². The summed E-state index contributed by atoms with van der Waals surface area (Å²) in [6.45, 7) is 6.12. The quantitative estimate of drug-likeness (QED) is 0.836. The fraction of sp³-hybridized carbons (Fsp3) is 0.286. The third-order valence-corrected chi connectivity index (χ3v) is 2.42. The lowest BCUT2D eigenvalue weighted by molar-refractivity contribution is 0.475. The van der Waals surface area contributed by atoms with Crippen LogP contribution in [-0.2, 0) is 0 Å². The Balaban J connectivity index is 3.17. The van der Waals surface area contributed by atoms with Crippen molar-refractivity contribution in [2.24, 2.45) is 0 Å². The Morgan fingerprint density at radius 3 is 2.69 bits per heavy atom. The highest BCUT2D eigenvalue weighted by Gasteiger charge is 2.06. The normalized spacial score (nSPS) is 10.7. The van der Waals surface area contributed by atoms with E-state index in [0.29, 0.717) is 0 Å².